The Morgan fingerprint density at radius 1 is 1.45 bits per heavy atom. The number of rotatable bonds is 4. The summed E-state index contributed by atoms with van der Waals surface area (Å²) in [7, 11) is 1.67. The number of nitriles is 1. The average molecular weight is 271 g/mol. The van der Waals surface area contributed by atoms with Crippen molar-refractivity contribution in [3.05, 3.63) is 35.9 Å². The summed E-state index contributed by atoms with van der Waals surface area (Å²) in [6.45, 7) is 1.52. The van der Waals surface area contributed by atoms with Gasteiger partial charge in [0, 0.05) is 13.6 Å². The number of benzene rings is 1. The predicted molar refractivity (Wildman–Crippen MR) is 78.1 cm³/mol. The SMILES string of the molecule is CNC(=O)C1CCCCN1CC(C#N)c1ccccc1. The molecule has 1 aromatic rings. The Kier molecular flexibility index (Phi) is 5.14. The molecule has 4 heteroatoms. The summed E-state index contributed by atoms with van der Waals surface area (Å²) in [6.07, 6.45) is 3.06. The van der Waals surface area contributed by atoms with Gasteiger partial charge >= 0.3 is 0 Å². The number of amides is 1. The molecule has 1 fully saturated rings. The highest BCUT2D eigenvalue weighted by Gasteiger charge is 2.29. The second kappa shape index (κ2) is 7.06. The summed E-state index contributed by atoms with van der Waals surface area (Å²) >= 11 is 0. The first-order chi connectivity index (χ1) is 9.76. The number of likely N-dealkylation sites (tertiary alicyclic amines) is 1. The third kappa shape index (κ3) is 3.37. The number of carbonyl (C=O) groups excluding carboxylic acids is 1. The van der Waals surface area contributed by atoms with Gasteiger partial charge in [0.2, 0.25) is 5.91 Å². The first kappa shape index (κ1) is 14.5. The molecule has 1 aliphatic rings. The topological polar surface area (TPSA) is 56.1 Å². The summed E-state index contributed by atoms with van der Waals surface area (Å²) in [5.74, 6) is -0.115. The molecule has 0 aromatic heterocycles. The van der Waals surface area contributed by atoms with Gasteiger partial charge in [-0.25, -0.2) is 0 Å². The summed E-state index contributed by atoms with van der Waals surface area (Å²) in [6, 6.07) is 12.1. The molecule has 0 saturated carbocycles. The molecule has 0 spiro atoms. The highest BCUT2D eigenvalue weighted by atomic mass is 16.2. The quantitative estimate of drug-likeness (QED) is 0.910. The largest absolute Gasteiger partial charge is 0.358 e. The Labute approximate surface area is 120 Å². The number of likely N-dealkylation sites (N-methyl/N-ethyl adjacent to an activating group) is 1. The molecule has 4 nitrogen and oxygen atoms in total. The molecule has 1 heterocycles. The van der Waals surface area contributed by atoms with Crippen molar-refractivity contribution in [3.8, 4) is 6.07 Å². The smallest absolute Gasteiger partial charge is 0.237 e. The van der Waals surface area contributed by atoms with E-state index in [0.29, 0.717) is 6.54 Å². The minimum atomic E-state index is -0.179. The van der Waals surface area contributed by atoms with Gasteiger partial charge in [0.25, 0.3) is 0 Å². The van der Waals surface area contributed by atoms with Crippen LogP contribution in [-0.2, 0) is 4.79 Å². The van der Waals surface area contributed by atoms with Crippen molar-refractivity contribution in [2.75, 3.05) is 20.1 Å². The van der Waals surface area contributed by atoms with E-state index in [0.717, 1.165) is 31.4 Å². The lowest BCUT2D eigenvalue weighted by Gasteiger charge is -2.35. The van der Waals surface area contributed by atoms with Crippen molar-refractivity contribution >= 4 is 5.91 Å². The summed E-state index contributed by atoms with van der Waals surface area (Å²) in [4.78, 5) is 14.1. The minimum Gasteiger partial charge on any atom is -0.358 e. The lowest BCUT2D eigenvalue weighted by molar-refractivity contribution is -0.127. The van der Waals surface area contributed by atoms with Crippen molar-refractivity contribution in [2.45, 2.75) is 31.2 Å². The van der Waals surface area contributed by atoms with Gasteiger partial charge in [-0.15, -0.1) is 0 Å². The van der Waals surface area contributed by atoms with Gasteiger partial charge in [-0.2, -0.15) is 5.26 Å². The molecule has 20 heavy (non-hydrogen) atoms. The highest BCUT2D eigenvalue weighted by molar-refractivity contribution is 5.81. The van der Waals surface area contributed by atoms with Crippen LogP contribution in [0.15, 0.2) is 30.3 Å². The van der Waals surface area contributed by atoms with Crippen molar-refractivity contribution in [3.63, 3.8) is 0 Å². The first-order valence-corrected chi connectivity index (χ1v) is 7.16. The van der Waals surface area contributed by atoms with Crippen LogP contribution in [0.4, 0.5) is 0 Å². The molecule has 106 valence electrons. The number of carbonyl (C=O) groups is 1. The summed E-state index contributed by atoms with van der Waals surface area (Å²) < 4.78 is 0. The Morgan fingerprint density at radius 2 is 2.20 bits per heavy atom. The van der Waals surface area contributed by atoms with Gasteiger partial charge in [0.05, 0.1) is 18.0 Å². The average Bonchev–Trinajstić information content (AvgIpc) is 2.53. The number of hydrogen-bond donors (Lipinski definition) is 1. The Balaban J connectivity index is 2.09. The molecule has 2 unspecified atom stereocenters. The van der Waals surface area contributed by atoms with Crippen molar-refractivity contribution in [1.29, 1.82) is 5.26 Å². The third-order valence-corrected chi connectivity index (χ3v) is 3.94. The standard InChI is InChI=1S/C16H21N3O/c1-18-16(20)15-9-5-6-10-19(15)12-14(11-17)13-7-3-2-4-8-13/h2-4,7-8,14-15H,5-6,9-10,12H2,1H3,(H,18,20). The molecule has 1 amide bonds. The fourth-order valence-corrected chi connectivity index (χ4v) is 2.81. The molecule has 0 bridgehead atoms. The maximum absolute atomic E-state index is 11.9. The van der Waals surface area contributed by atoms with E-state index < -0.39 is 0 Å². The summed E-state index contributed by atoms with van der Waals surface area (Å²) in [5, 5.41) is 12.1. The maximum Gasteiger partial charge on any atom is 0.237 e. The van der Waals surface area contributed by atoms with Crippen LogP contribution in [0.2, 0.25) is 0 Å². The summed E-state index contributed by atoms with van der Waals surface area (Å²) in [5.41, 5.74) is 1.02. The molecule has 1 saturated heterocycles. The van der Waals surface area contributed by atoms with E-state index in [2.05, 4.69) is 16.3 Å². The van der Waals surface area contributed by atoms with E-state index in [9.17, 15) is 10.1 Å². The van der Waals surface area contributed by atoms with Gasteiger partial charge in [-0.3, -0.25) is 9.69 Å². The lowest BCUT2D eigenvalue weighted by atomic mass is 9.96. The molecule has 0 radical (unpaired) electrons. The van der Waals surface area contributed by atoms with Crippen molar-refractivity contribution in [1.82, 2.24) is 10.2 Å². The normalized spacial score (nSPS) is 20.9. The monoisotopic (exact) mass is 271 g/mol. The zero-order chi connectivity index (χ0) is 14.4. The highest BCUT2D eigenvalue weighted by Crippen LogP contribution is 2.22. The Hall–Kier alpha value is -1.86. The lowest BCUT2D eigenvalue weighted by Crippen LogP contribution is -2.49. The van der Waals surface area contributed by atoms with E-state index in [1.807, 2.05) is 30.3 Å². The van der Waals surface area contributed by atoms with Gasteiger partial charge in [-0.1, -0.05) is 36.8 Å². The number of nitrogens with one attached hydrogen (secondary N) is 1. The van der Waals surface area contributed by atoms with Crippen molar-refractivity contribution in [2.24, 2.45) is 0 Å². The van der Waals surface area contributed by atoms with Gasteiger partial charge in [0.15, 0.2) is 0 Å². The van der Waals surface area contributed by atoms with Crippen LogP contribution in [0.5, 0.6) is 0 Å². The van der Waals surface area contributed by atoms with Crippen LogP contribution < -0.4 is 5.32 Å². The second-order valence-electron chi connectivity index (χ2n) is 5.21. The van der Waals surface area contributed by atoms with E-state index in [-0.39, 0.29) is 17.9 Å². The maximum atomic E-state index is 11.9. The van der Waals surface area contributed by atoms with E-state index in [1.54, 1.807) is 7.05 Å². The fraction of sp³-hybridized carbons (Fsp3) is 0.500. The van der Waals surface area contributed by atoms with Crippen molar-refractivity contribution < 1.29 is 4.79 Å². The van der Waals surface area contributed by atoms with Gasteiger partial charge in [-0.05, 0) is 24.9 Å². The number of piperidine rings is 1. The van der Waals surface area contributed by atoms with Crippen LogP contribution in [-0.4, -0.2) is 37.0 Å². The van der Waals surface area contributed by atoms with Gasteiger partial charge < -0.3 is 5.32 Å². The van der Waals surface area contributed by atoms with Crippen LogP contribution in [0.25, 0.3) is 0 Å². The molecule has 2 rings (SSSR count). The zero-order valence-electron chi connectivity index (χ0n) is 11.9. The zero-order valence-corrected chi connectivity index (χ0v) is 11.9. The van der Waals surface area contributed by atoms with Crippen LogP contribution in [0, 0.1) is 11.3 Å². The molecular weight excluding hydrogens is 250 g/mol. The molecule has 1 N–H and O–H groups in total. The molecule has 0 aliphatic carbocycles. The molecule has 1 aromatic carbocycles. The number of hydrogen-bond acceptors (Lipinski definition) is 3. The Bertz CT molecular complexity index is 480. The molecule has 2 atom stereocenters. The molecule has 1 aliphatic heterocycles. The predicted octanol–water partition coefficient (Wildman–Crippen LogP) is 1.89. The number of nitrogens with zero attached hydrogens (tertiary/aromatic N) is 2. The Morgan fingerprint density at radius 3 is 2.85 bits per heavy atom. The van der Waals surface area contributed by atoms with E-state index in [1.165, 1.54) is 0 Å². The van der Waals surface area contributed by atoms with E-state index >= 15 is 0 Å². The second-order valence-corrected chi connectivity index (χ2v) is 5.21. The third-order valence-electron chi connectivity index (χ3n) is 3.94. The fourth-order valence-electron chi connectivity index (χ4n) is 2.81. The van der Waals surface area contributed by atoms with Crippen LogP contribution in [0.1, 0.15) is 30.7 Å². The first-order valence-electron chi connectivity index (χ1n) is 7.16. The van der Waals surface area contributed by atoms with Crippen LogP contribution in [0.3, 0.4) is 0 Å². The van der Waals surface area contributed by atoms with Crippen LogP contribution >= 0.6 is 0 Å². The molecular formula is C16H21N3O. The van der Waals surface area contributed by atoms with E-state index in [4.69, 9.17) is 0 Å². The van der Waals surface area contributed by atoms with Gasteiger partial charge in [0.1, 0.15) is 0 Å². The minimum absolute atomic E-state index is 0.0643.